The van der Waals surface area contributed by atoms with Gasteiger partial charge in [0.1, 0.15) is 0 Å². The van der Waals surface area contributed by atoms with Crippen LogP contribution in [-0.2, 0) is 23.8 Å². The topological polar surface area (TPSA) is 56.2 Å². The molecule has 1 amide bonds. The van der Waals surface area contributed by atoms with Crippen molar-refractivity contribution in [3.63, 3.8) is 0 Å². The van der Waals surface area contributed by atoms with Gasteiger partial charge in [-0.3, -0.25) is 4.79 Å². The van der Waals surface area contributed by atoms with Gasteiger partial charge in [-0.1, -0.05) is 12.1 Å². The predicted octanol–water partition coefficient (Wildman–Crippen LogP) is 2.50. The summed E-state index contributed by atoms with van der Waals surface area (Å²) in [6.07, 6.45) is -3.49. The van der Waals surface area contributed by atoms with Gasteiger partial charge in [0.05, 0.1) is 18.7 Å². The zero-order valence-electron chi connectivity index (χ0n) is 13.0. The number of likely N-dealkylation sites (N-methyl/N-ethyl adjacent to an activating group) is 1. The first kappa shape index (κ1) is 16.4. The summed E-state index contributed by atoms with van der Waals surface area (Å²) in [4.78, 5) is 11.4. The smallest absolute Gasteiger partial charge is 0.435 e. The molecule has 1 aromatic heterocycles. The summed E-state index contributed by atoms with van der Waals surface area (Å²) in [5.41, 5.74) is 0.426. The van der Waals surface area contributed by atoms with Crippen molar-refractivity contribution in [3.05, 3.63) is 41.1 Å². The monoisotopic (exact) mass is 339 g/mol. The van der Waals surface area contributed by atoms with Gasteiger partial charge in [-0.15, -0.1) is 0 Å². The third-order valence-corrected chi connectivity index (χ3v) is 3.84. The number of halogens is 3. The fourth-order valence-electron chi connectivity index (χ4n) is 2.66. The Morgan fingerprint density at radius 1 is 1.33 bits per heavy atom. The van der Waals surface area contributed by atoms with E-state index < -0.39 is 11.9 Å². The molecule has 0 fully saturated rings. The molecular weight excluding hydrogens is 323 g/mol. The average molecular weight is 339 g/mol. The van der Waals surface area contributed by atoms with Gasteiger partial charge in [0, 0.05) is 12.6 Å². The van der Waals surface area contributed by atoms with Crippen molar-refractivity contribution in [1.29, 1.82) is 0 Å². The molecule has 1 aliphatic rings. The van der Waals surface area contributed by atoms with Gasteiger partial charge in [-0.05, 0) is 30.5 Å². The summed E-state index contributed by atoms with van der Waals surface area (Å²) in [6, 6.07) is 6.64. The third kappa shape index (κ3) is 3.08. The summed E-state index contributed by atoms with van der Waals surface area (Å²) < 4.78 is 46.1. The number of hydrogen-bond acceptors (Lipinski definition) is 3. The minimum absolute atomic E-state index is 0.100. The summed E-state index contributed by atoms with van der Waals surface area (Å²) >= 11 is 0. The molecule has 128 valence electrons. The number of carbonyl (C=O) groups excluding carboxylic acids is 1. The second-order valence-electron chi connectivity index (χ2n) is 5.51. The van der Waals surface area contributed by atoms with Crippen molar-refractivity contribution in [1.82, 2.24) is 15.1 Å². The fourth-order valence-corrected chi connectivity index (χ4v) is 2.66. The lowest BCUT2D eigenvalue weighted by atomic mass is 10.1. The van der Waals surface area contributed by atoms with Crippen molar-refractivity contribution in [2.45, 2.75) is 25.4 Å². The molecular formula is C16H16F3N3O2. The van der Waals surface area contributed by atoms with E-state index in [1.54, 1.807) is 31.3 Å². The first-order chi connectivity index (χ1) is 11.4. The van der Waals surface area contributed by atoms with Crippen molar-refractivity contribution in [2.24, 2.45) is 0 Å². The Morgan fingerprint density at radius 3 is 2.67 bits per heavy atom. The summed E-state index contributed by atoms with van der Waals surface area (Å²) in [5, 5.41) is 6.25. The SMILES string of the molecule is CNC(=O)Cc1ccc(-n2nc(C(F)(F)F)c3c2OCCC3)cc1. The molecule has 0 spiro atoms. The highest BCUT2D eigenvalue weighted by atomic mass is 19.4. The van der Waals surface area contributed by atoms with E-state index in [0.717, 1.165) is 5.56 Å². The lowest BCUT2D eigenvalue weighted by Gasteiger charge is -2.16. The highest BCUT2D eigenvalue weighted by molar-refractivity contribution is 5.78. The number of hydrogen-bond donors (Lipinski definition) is 1. The van der Waals surface area contributed by atoms with Gasteiger partial charge in [0.15, 0.2) is 5.69 Å². The normalized spacial score (nSPS) is 14.0. The van der Waals surface area contributed by atoms with Crippen LogP contribution in [0.5, 0.6) is 5.88 Å². The summed E-state index contributed by atoms with van der Waals surface area (Å²) in [5.74, 6) is 0.00883. The number of fused-ring (bicyclic) bond motifs is 1. The van der Waals surface area contributed by atoms with E-state index in [-0.39, 0.29) is 23.8 Å². The van der Waals surface area contributed by atoms with Crippen LogP contribution in [0.2, 0.25) is 0 Å². The molecule has 0 radical (unpaired) electrons. The number of benzene rings is 1. The molecule has 0 saturated heterocycles. The molecule has 0 unspecified atom stereocenters. The zero-order valence-corrected chi connectivity index (χ0v) is 13.0. The number of amides is 1. The zero-order chi connectivity index (χ0) is 17.3. The van der Waals surface area contributed by atoms with E-state index in [1.165, 1.54) is 4.68 Å². The molecule has 0 atom stereocenters. The average Bonchev–Trinajstić information content (AvgIpc) is 2.95. The largest absolute Gasteiger partial charge is 0.477 e. The van der Waals surface area contributed by atoms with Crippen molar-refractivity contribution in [3.8, 4) is 11.6 Å². The Labute approximate surface area is 136 Å². The van der Waals surface area contributed by atoms with Crippen LogP contribution in [0.3, 0.4) is 0 Å². The van der Waals surface area contributed by atoms with Gasteiger partial charge < -0.3 is 10.1 Å². The lowest BCUT2D eigenvalue weighted by Crippen LogP contribution is -2.19. The maximum absolute atomic E-state index is 13.2. The molecule has 2 heterocycles. The maximum Gasteiger partial charge on any atom is 0.435 e. The molecule has 1 N–H and O–H groups in total. The van der Waals surface area contributed by atoms with Crippen LogP contribution < -0.4 is 10.1 Å². The Morgan fingerprint density at radius 2 is 2.04 bits per heavy atom. The van der Waals surface area contributed by atoms with Crippen LogP contribution in [0, 0.1) is 0 Å². The van der Waals surface area contributed by atoms with Gasteiger partial charge in [-0.2, -0.15) is 18.3 Å². The van der Waals surface area contributed by atoms with Crippen LogP contribution in [0.1, 0.15) is 23.2 Å². The minimum atomic E-state index is -4.52. The number of nitrogens with one attached hydrogen (secondary N) is 1. The number of ether oxygens (including phenoxy) is 1. The molecule has 2 aromatic rings. The van der Waals surface area contributed by atoms with Gasteiger partial charge in [0.2, 0.25) is 11.8 Å². The fraction of sp³-hybridized carbons (Fsp3) is 0.375. The van der Waals surface area contributed by atoms with E-state index >= 15 is 0 Å². The maximum atomic E-state index is 13.2. The standard InChI is InChI=1S/C16H16F3N3O2/c1-20-13(23)9-10-4-6-11(7-5-10)22-15-12(3-2-8-24-15)14(21-22)16(17,18)19/h4-7H,2-3,8-9H2,1H3,(H,20,23). The summed E-state index contributed by atoms with van der Waals surface area (Å²) in [6.45, 7) is 0.366. The Balaban J connectivity index is 1.97. The number of rotatable bonds is 3. The van der Waals surface area contributed by atoms with Crippen molar-refractivity contribution in [2.75, 3.05) is 13.7 Å². The molecule has 0 aliphatic carbocycles. The number of nitrogens with zero attached hydrogens (tertiary/aromatic N) is 2. The van der Waals surface area contributed by atoms with E-state index in [9.17, 15) is 18.0 Å². The Kier molecular flexibility index (Phi) is 4.21. The number of carbonyl (C=O) groups is 1. The first-order valence-corrected chi connectivity index (χ1v) is 7.52. The molecule has 5 nitrogen and oxygen atoms in total. The first-order valence-electron chi connectivity index (χ1n) is 7.52. The summed E-state index contributed by atoms with van der Waals surface area (Å²) in [7, 11) is 1.54. The van der Waals surface area contributed by atoms with E-state index in [4.69, 9.17) is 4.74 Å². The molecule has 3 rings (SSSR count). The molecule has 1 aliphatic heterocycles. The molecule has 8 heteroatoms. The van der Waals surface area contributed by atoms with Gasteiger partial charge in [-0.25, -0.2) is 4.68 Å². The molecule has 0 saturated carbocycles. The molecule has 0 bridgehead atoms. The van der Waals surface area contributed by atoms with E-state index in [2.05, 4.69) is 10.4 Å². The number of aromatic nitrogens is 2. The van der Waals surface area contributed by atoms with E-state index in [1.807, 2.05) is 0 Å². The van der Waals surface area contributed by atoms with Crippen LogP contribution in [0.25, 0.3) is 5.69 Å². The third-order valence-electron chi connectivity index (χ3n) is 3.84. The highest BCUT2D eigenvalue weighted by Crippen LogP contribution is 2.39. The second kappa shape index (κ2) is 6.18. The minimum Gasteiger partial charge on any atom is -0.477 e. The van der Waals surface area contributed by atoms with Gasteiger partial charge in [0.25, 0.3) is 0 Å². The molecule has 24 heavy (non-hydrogen) atoms. The Bertz CT molecular complexity index is 751. The lowest BCUT2D eigenvalue weighted by molar-refractivity contribution is -0.142. The van der Waals surface area contributed by atoms with Gasteiger partial charge >= 0.3 is 6.18 Å². The highest BCUT2D eigenvalue weighted by Gasteiger charge is 2.40. The second-order valence-corrected chi connectivity index (χ2v) is 5.51. The quantitative estimate of drug-likeness (QED) is 0.935. The van der Waals surface area contributed by atoms with Crippen LogP contribution in [0.15, 0.2) is 24.3 Å². The predicted molar refractivity (Wildman–Crippen MR) is 80.2 cm³/mol. The van der Waals surface area contributed by atoms with E-state index in [0.29, 0.717) is 25.1 Å². The molecule has 1 aromatic carbocycles. The van der Waals surface area contributed by atoms with Crippen LogP contribution in [0.4, 0.5) is 13.2 Å². The number of alkyl halides is 3. The van der Waals surface area contributed by atoms with Crippen LogP contribution in [-0.4, -0.2) is 29.3 Å². The van der Waals surface area contributed by atoms with Crippen LogP contribution >= 0.6 is 0 Å². The van der Waals surface area contributed by atoms with Crippen molar-refractivity contribution >= 4 is 5.91 Å². The van der Waals surface area contributed by atoms with Crippen molar-refractivity contribution < 1.29 is 22.7 Å². The Hall–Kier alpha value is -2.51.